The second-order valence-corrected chi connectivity index (χ2v) is 4.99. The lowest BCUT2D eigenvalue weighted by Crippen LogP contribution is -2.38. The molecule has 1 aromatic rings. The lowest BCUT2D eigenvalue weighted by atomic mass is 10.2. The molecule has 3 nitrogen and oxygen atoms in total. The van der Waals surface area contributed by atoms with Crippen LogP contribution in [0.2, 0.25) is 5.02 Å². The average molecular weight is 312 g/mol. The van der Waals surface area contributed by atoms with Crippen molar-refractivity contribution >= 4 is 11.6 Å². The van der Waals surface area contributed by atoms with Crippen LogP contribution in [0.3, 0.4) is 0 Å². The molecule has 0 fully saturated rings. The van der Waals surface area contributed by atoms with Crippen molar-refractivity contribution in [2.45, 2.75) is 31.7 Å². The van der Waals surface area contributed by atoms with Crippen molar-refractivity contribution in [1.82, 2.24) is 5.32 Å². The van der Waals surface area contributed by atoms with Crippen molar-refractivity contribution in [2.24, 2.45) is 0 Å². The molecule has 0 saturated carbocycles. The van der Waals surface area contributed by atoms with E-state index in [0.29, 0.717) is 10.8 Å². The van der Waals surface area contributed by atoms with Gasteiger partial charge in [-0.2, -0.15) is 13.2 Å². The second-order valence-electron chi connectivity index (χ2n) is 4.55. The molecule has 0 aromatic heterocycles. The molecule has 0 bridgehead atoms. The third kappa shape index (κ3) is 7.57. The van der Waals surface area contributed by atoms with Crippen LogP contribution in [0.4, 0.5) is 13.2 Å². The Morgan fingerprint density at radius 2 is 2.10 bits per heavy atom. The van der Waals surface area contributed by atoms with E-state index in [1.165, 1.54) is 6.92 Å². The van der Waals surface area contributed by atoms with Crippen LogP contribution in [0.1, 0.15) is 13.3 Å². The number of halogens is 4. The normalized spacial score (nSPS) is 14.9. The highest BCUT2D eigenvalue weighted by Gasteiger charge is 2.29. The average Bonchev–Trinajstić information content (AvgIpc) is 2.32. The van der Waals surface area contributed by atoms with Crippen molar-refractivity contribution in [1.29, 1.82) is 0 Å². The molecule has 0 aliphatic rings. The summed E-state index contributed by atoms with van der Waals surface area (Å²) in [5.74, 6) is 0.500. The Morgan fingerprint density at radius 1 is 1.40 bits per heavy atom. The zero-order chi connectivity index (χ0) is 15.2. The van der Waals surface area contributed by atoms with E-state index in [1.807, 2.05) is 0 Å². The third-order valence-electron chi connectivity index (χ3n) is 2.48. The lowest BCUT2D eigenvalue weighted by molar-refractivity contribution is -0.139. The van der Waals surface area contributed by atoms with Crippen molar-refractivity contribution in [3.8, 4) is 5.75 Å². The summed E-state index contributed by atoms with van der Waals surface area (Å²) in [4.78, 5) is 0. The Labute approximate surface area is 120 Å². The van der Waals surface area contributed by atoms with Crippen LogP contribution in [-0.4, -0.2) is 36.6 Å². The monoisotopic (exact) mass is 311 g/mol. The molecule has 0 amide bonds. The smallest absolute Gasteiger partial charge is 0.390 e. The van der Waals surface area contributed by atoms with Gasteiger partial charge in [-0.15, -0.1) is 0 Å². The van der Waals surface area contributed by atoms with Crippen LogP contribution >= 0.6 is 11.6 Å². The van der Waals surface area contributed by atoms with Crippen molar-refractivity contribution in [3.05, 3.63) is 29.3 Å². The molecule has 0 spiro atoms. The minimum absolute atomic E-state index is 0.0217. The number of ether oxygens (including phenoxy) is 1. The van der Waals surface area contributed by atoms with E-state index in [-0.39, 0.29) is 13.2 Å². The van der Waals surface area contributed by atoms with E-state index >= 15 is 0 Å². The highest BCUT2D eigenvalue weighted by atomic mass is 35.5. The predicted molar refractivity (Wildman–Crippen MR) is 71.1 cm³/mol. The number of rotatable bonds is 7. The van der Waals surface area contributed by atoms with E-state index in [9.17, 15) is 18.3 Å². The van der Waals surface area contributed by atoms with Gasteiger partial charge >= 0.3 is 6.18 Å². The molecular formula is C13H17ClF3NO2. The van der Waals surface area contributed by atoms with Gasteiger partial charge in [0.05, 0.1) is 6.42 Å². The number of alkyl halides is 3. The molecular weight excluding hydrogens is 295 g/mol. The zero-order valence-corrected chi connectivity index (χ0v) is 11.7. The molecule has 0 radical (unpaired) electrons. The molecule has 114 valence electrons. The number of aliphatic hydroxyl groups is 1. The SMILES string of the molecule is CC(CC(F)(F)F)NCC(O)COc1cccc(Cl)c1. The standard InChI is InChI=1S/C13H17ClF3NO2/c1-9(6-13(15,16)17)18-7-11(19)8-20-12-4-2-3-10(14)5-12/h2-5,9,11,18-19H,6-8H2,1H3. The van der Waals surface area contributed by atoms with Crippen molar-refractivity contribution in [2.75, 3.05) is 13.2 Å². The summed E-state index contributed by atoms with van der Waals surface area (Å²) in [6.07, 6.45) is -6.05. The first kappa shape index (κ1) is 17.1. The van der Waals surface area contributed by atoms with Crippen molar-refractivity contribution in [3.63, 3.8) is 0 Å². The summed E-state index contributed by atoms with van der Waals surface area (Å²) in [6.45, 7) is 1.42. The molecule has 0 aliphatic heterocycles. The summed E-state index contributed by atoms with van der Waals surface area (Å²) < 4.78 is 41.6. The van der Waals surface area contributed by atoms with E-state index in [0.717, 1.165) is 0 Å². The molecule has 2 N–H and O–H groups in total. The van der Waals surface area contributed by atoms with Crippen LogP contribution in [0.5, 0.6) is 5.75 Å². The van der Waals surface area contributed by atoms with Gasteiger partial charge < -0.3 is 15.2 Å². The molecule has 1 rings (SSSR count). The maximum Gasteiger partial charge on any atom is 0.390 e. The van der Waals surface area contributed by atoms with Gasteiger partial charge in [0.25, 0.3) is 0 Å². The topological polar surface area (TPSA) is 41.5 Å². The van der Waals surface area contributed by atoms with Crippen LogP contribution in [-0.2, 0) is 0 Å². The zero-order valence-electron chi connectivity index (χ0n) is 11.0. The first-order valence-corrected chi connectivity index (χ1v) is 6.50. The van der Waals surface area contributed by atoms with Gasteiger partial charge in [0.15, 0.2) is 0 Å². The Hall–Kier alpha value is -0.980. The summed E-state index contributed by atoms with van der Waals surface area (Å²) >= 11 is 5.76. The molecule has 0 heterocycles. The van der Waals surface area contributed by atoms with Crippen LogP contribution in [0.15, 0.2) is 24.3 Å². The highest BCUT2D eigenvalue weighted by molar-refractivity contribution is 6.30. The number of benzene rings is 1. The van der Waals surface area contributed by atoms with E-state index in [1.54, 1.807) is 24.3 Å². The van der Waals surface area contributed by atoms with Gasteiger partial charge in [-0.25, -0.2) is 0 Å². The maximum atomic E-state index is 12.1. The summed E-state index contributed by atoms with van der Waals surface area (Å²) in [5, 5.41) is 12.7. The Kier molecular flexibility index (Phi) is 6.58. The number of nitrogens with one attached hydrogen (secondary N) is 1. The fourth-order valence-corrected chi connectivity index (χ4v) is 1.74. The first-order chi connectivity index (χ1) is 9.26. The molecule has 2 atom stereocenters. The minimum atomic E-state index is -4.21. The van der Waals surface area contributed by atoms with Crippen LogP contribution < -0.4 is 10.1 Å². The largest absolute Gasteiger partial charge is 0.491 e. The van der Waals surface area contributed by atoms with Gasteiger partial charge in [0.2, 0.25) is 0 Å². The van der Waals surface area contributed by atoms with Crippen LogP contribution in [0.25, 0.3) is 0 Å². The second kappa shape index (κ2) is 7.71. The number of hydrogen-bond acceptors (Lipinski definition) is 3. The first-order valence-electron chi connectivity index (χ1n) is 6.13. The predicted octanol–water partition coefficient (Wildman–Crippen LogP) is 3.01. The van der Waals surface area contributed by atoms with Gasteiger partial charge in [0.1, 0.15) is 18.5 Å². The summed E-state index contributed by atoms with van der Waals surface area (Å²) in [7, 11) is 0. The lowest BCUT2D eigenvalue weighted by Gasteiger charge is -2.18. The molecule has 1 aromatic carbocycles. The number of hydrogen-bond donors (Lipinski definition) is 2. The molecule has 0 aliphatic carbocycles. The van der Waals surface area contributed by atoms with Crippen molar-refractivity contribution < 1.29 is 23.0 Å². The summed E-state index contributed by atoms with van der Waals surface area (Å²) in [6, 6.07) is 5.90. The van der Waals surface area contributed by atoms with Gasteiger partial charge in [-0.3, -0.25) is 0 Å². The fraction of sp³-hybridized carbons (Fsp3) is 0.538. The Morgan fingerprint density at radius 3 is 2.70 bits per heavy atom. The van der Waals surface area contributed by atoms with Gasteiger partial charge in [-0.1, -0.05) is 17.7 Å². The fourth-order valence-electron chi connectivity index (χ4n) is 1.56. The Balaban J connectivity index is 2.25. The molecule has 7 heteroatoms. The minimum Gasteiger partial charge on any atom is -0.491 e. The van der Waals surface area contributed by atoms with E-state index in [4.69, 9.17) is 16.3 Å². The molecule has 0 saturated heterocycles. The van der Waals surface area contributed by atoms with E-state index < -0.39 is 24.7 Å². The highest BCUT2D eigenvalue weighted by Crippen LogP contribution is 2.21. The van der Waals surface area contributed by atoms with Gasteiger partial charge in [-0.05, 0) is 25.1 Å². The number of aliphatic hydroxyl groups excluding tert-OH is 1. The Bertz CT molecular complexity index is 415. The third-order valence-corrected chi connectivity index (χ3v) is 2.71. The summed E-state index contributed by atoms with van der Waals surface area (Å²) in [5.41, 5.74) is 0. The quantitative estimate of drug-likeness (QED) is 0.813. The maximum absolute atomic E-state index is 12.1. The van der Waals surface area contributed by atoms with E-state index in [2.05, 4.69) is 5.32 Å². The van der Waals surface area contributed by atoms with Gasteiger partial charge in [0, 0.05) is 17.6 Å². The molecule has 2 unspecified atom stereocenters. The molecule has 20 heavy (non-hydrogen) atoms. The van der Waals surface area contributed by atoms with Crippen LogP contribution in [0, 0.1) is 0 Å².